The SMILES string of the molecule is c1cc(CN2CCN(c3ccnc(N4CCOCC4)n3)CC2)ccn1. The van der Waals surface area contributed by atoms with Gasteiger partial charge in [-0.2, -0.15) is 4.98 Å². The number of pyridine rings is 1. The zero-order valence-corrected chi connectivity index (χ0v) is 14.4. The molecule has 0 bridgehead atoms. The molecule has 0 amide bonds. The standard InChI is InChI=1S/C18H24N6O/c1-4-19-5-2-16(1)15-22-7-9-23(10-8-22)17-3-6-20-18(21-17)24-11-13-25-14-12-24/h1-6H,7-15H2. The molecule has 132 valence electrons. The number of morpholine rings is 1. The van der Waals surface area contributed by atoms with Gasteiger partial charge in [-0.05, 0) is 23.8 Å². The van der Waals surface area contributed by atoms with E-state index in [0.29, 0.717) is 0 Å². The van der Waals surface area contributed by atoms with Gasteiger partial charge in [-0.15, -0.1) is 0 Å². The molecule has 7 heteroatoms. The van der Waals surface area contributed by atoms with Gasteiger partial charge in [0.25, 0.3) is 0 Å². The van der Waals surface area contributed by atoms with E-state index in [1.54, 1.807) is 0 Å². The third kappa shape index (κ3) is 4.05. The number of anilines is 2. The third-order valence-corrected chi connectivity index (χ3v) is 4.77. The fourth-order valence-electron chi connectivity index (χ4n) is 3.31. The molecule has 2 aromatic heterocycles. The topological polar surface area (TPSA) is 57.6 Å². The van der Waals surface area contributed by atoms with Crippen LogP contribution in [0, 0.1) is 0 Å². The second kappa shape index (κ2) is 7.76. The second-order valence-corrected chi connectivity index (χ2v) is 6.43. The van der Waals surface area contributed by atoms with E-state index in [-0.39, 0.29) is 0 Å². The van der Waals surface area contributed by atoms with Crippen molar-refractivity contribution < 1.29 is 4.74 Å². The van der Waals surface area contributed by atoms with Crippen LogP contribution in [0.5, 0.6) is 0 Å². The van der Waals surface area contributed by atoms with Crippen LogP contribution < -0.4 is 9.80 Å². The maximum Gasteiger partial charge on any atom is 0.227 e. The molecule has 7 nitrogen and oxygen atoms in total. The fraction of sp³-hybridized carbons (Fsp3) is 0.500. The molecular formula is C18H24N6O. The summed E-state index contributed by atoms with van der Waals surface area (Å²) in [5.41, 5.74) is 1.32. The Bertz CT molecular complexity index is 668. The Morgan fingerprint density at radius 2 is 1.60 bits per heavy atom. The minimum atomic E-state index is 0.751. The van der Waals surface area contributed by atoms with Crippen LogP contribution in [0.2, 0.25) is 0 Å². The number of piperazine rings is 1. The van der Waals surface area contributed by atoms with Crippen LogP contribution in [0.3, 0.4) is 0 Å². The van der Waals surface area contributed by atoms with Gasteiger partial charge in [-0.3, -0.25) is 9.88 Å². The van der Waals surface area contributed by atoms with Crippen LogP contribution in [0.1, 0.15) is 5.56 Å². The normalized spacial score (nSPS) is 19.2. The first kappa shape index (κ1) is 16.2. The van der Waals surface area contributed by atoms with Crippen LogP contribution in [-0.4, -0.2) is 72.3 Å². The average molecular weight is 340 g/mol. The zero-order valence-electron chi connectivity index (χ0n) is 14.4. The van der Waals surface area contributed by atoms with Gasteiger partial charge in [-0.1, -0.05) is 0 Å². The Morgan fingerprint density at radius 1 is 0.840 bits per heavy atom. The number of hydrogen-bond acceptors (Lipinski definition) is 7. The summed E-state index contributed by atoms with van der Waals surface area (Å²) in [5, 5.41) is 0. The summed E-state index contributed by atoms with van der Waals surface area (Å²) in [6.45, 7) is 8.28. The third-order valence-electron chi connectivity index (χ3n) is 4.77. The Balaban J connectivity index is 1.36. The lowest BCUT2D eigenvalue weighted by atomic mass is 10.2. The average Bonchev–Trinajstić information content (AvgIpc) is 2.70. The van der Waals surface area contributed by atoms with Gasteiger partial charge in [0.1, 0.15) is 5.82 Å². The maximum atomic E-state index is 5.41. The van der Waals surface area contributed by atoms with Crippen LogP contribution in [0.4, 0.5) is 11.8 Å². The molecule has 0 unspecified atom stereocenters. The lowest BCUT2D eigenvalue weighted by Crippen LogP contribution is -2.46. The summed E-state index contributed by atoms with van der Waals surface area (Å²) in [5.74, 6) is 1.85. The van der Waals surface area contributed by atoms with E-state index in [1.165, 1.54) is 5.56 Å². The lowest BCUT2D eigenvalue weighted by molar-refractivity contribution is 0.122. The molecule has 0 aromatic carbocycles. The number of aromatic nitrogens is 3. The summed E-state index contributed by atoms with van der Waals surface area (Å²) in [7, 11) is 0. The summed E-state index contributed by atoms with van der Waals surface area (Å²) < 4.78 is 5.41. The van der Waals surface area contributed by atoms with E-state index in [0.717, 1.165) is 70.8 Å². The molecule has 4 heterocycles. The lowest BCUT2D eigenvalue weighted by Gasteiger charge is -2.36. The van der Waals surface area contributed by atoms with Crippen molar-refractivity contribution in [2.75, 3.05) is 62.3 Å². The molecule has 0 N–H and O–H groups in total. The highest BCUT2D eigenvalue weighted by Crippen LogP contribution is 2.18. The highest BCUT2D eigenvalue weighted by atomic mass is 16.5. The predicted octanol–water partition coefficient (Wildman–Crippen LogP) is 1.03. The molecule has 0 atom stereocenters. The molecule has 0 radical (unpaired) electrons. The quantitative estimate of drug-likeness (QED) is 0.824. The van der Waals surface area contributed by atoms with Gasteiger partial charge in [0.15, 0.2) is 0 Å². The molecule has 2 aliphatic rings. The molecular weight excluding hydrogens is 316 g/mol. The van der Waals surface area contributed by atoms with Crippen LogP contribution in [0.15, 0.2) is 36.8 Å². The van der Waals surface area contributed by atoms with Gasteiger partial charge in [-0.25, -0.2) is 4.98 Å². The van der Waals surface area contributed by atoms with Crippen molar-refractivity contribution in [1.29, 1.82) is 0 Å². The van der Waals surface area contributed by atoms with E-state index < -0.39 is 0 Å². The van der Waals surface area contributed by atoms with E-state index in [9.17, 15) is 0 Å². The molecule has 0 spiro atoms. The van der Waals surface area contributed by atoms with E-state index in [2.05, 4.69) is 36.8 Å². The first-order valence-corrected chi connectivity index (χ1v) is 8.90. The largest absolute Gasteiger partial charge is 0.378 e. The second-order valence-electron chi connectivity index (χ2n) is 6.43. The molecule has 0 saturated carbocycles. The molecule has 4 rings (SSSR count). The summed E-state index contributed by atoms with van der Waals surface area (Å²) in [6, 6.07) is 6.19. The Kier molecular flexibility index (Phi) is 5.03. The molecule has 2 aromatic rings. The Morgan fingerprint density at radius 3 is 2.36 bits per heavy atom. The van der Waals surface area contributed by atoms with Gasteiger partial charge in [0.2, 0.25) is 5.95 Å². The van der Waals surface area contributed by atoms with Crippen molar-refractivity contribution in [3.63, 3.8) is 0 Å². The van der Waals surface area contributed by atoms with Gasteiger partial charge in [0, 0.05) is 64.4 Å². The maximum absolute atomic E-state index is 5.41. The van der Waals surface area contributed by atoms with Crippen LogP contribution >= 0.6 is 0 Å². The first-order valence-electron chi connectivity index (χ1n) is 8.90. The summed E-state index contributed by atoms with van der Waals surface area (Å²) in [4.78, 5) is 20.4. The summed E-state index contributed by atoms with van der Waals surface area (Å²) in [6.07, 6.45) is 5.59. The van der Waals surface area contributed by atoms with Crippen molar-refractivity contribution >= 4 is 11.8 Å². The fourth-order valence-corrected chi connectivity index (χ4v) is 3.31. The van der Waals surface area contributed by atoms with E-state index in [4.69, 9.17) is 9.72 Å². The number of rotatable bonds is 4. The Hall–Kier alpha value is -2.25. The van der Waals surface area contributed by atoms with E-state index >= 15 is 0 Å². The Labute approximate surface area is 148 Å². The van der Waals surface area contributed by atoms with Crippen molar-refractivity contribution in [3.05, 3.63) is 42.4 Å². The number of nitrogens with zero attached hydrogens (tertiary/aromatic N) is 6. The number of ether oxygens (including phenoxy) is 1. The molecule has 2 fully saturated rings. The van der Waals surface area contributed by atoms with Crippen molar-refractivity contribution in [2.24, 2.45) is 0 Å². The van der Waals surface area contributed by atoms with Gasteiger partial charge in [0.05, 0.1) is 13.2 Å². The zero-order chi connectivity index (χ0) is 16.9. The molecule has 2 aliphatic heterocycles. The monoisotopic (exact) mass is 340 g/mol. The van der Waals surface area contributed by atoms with Crippen molar-refractivity contribution in [3.8, 4) is 0 Å². The molecule has 2 saturated heterocycles. The van der Waals surface area contributed by atoms with Crippen LogP contribution in [-0.2, 0) is 11.3 Å². The van der Waals surface area contributed by atoms with Gasteiger partial charge >= 0.3 is 0 Å². The summed E-state index contributed by atoms with van der Waals surface area (Å²) >= 11 is 0. The van der Waals surface area contributed by atoms with E-state index in [1.807, 2.05) is 24.7 Å². The highest BCUT2D eigenvalue weighted by Gasteiger charge is 2.20. The first-order chi connectivity index (χ1) is 12.4. The van der Waals surface area contributed by atoms with Crippen molar-refractivity contribution in [2.45, 2.75) is 6.54 Å². The predicted molar refractivity (Wildman–Crippen MR) is 96.8 cm³/mol. The minimum Gasteiger partial charge on any atom is -0.378 e. The van der Waals surface area contributed by atoms with Crippen LogP contribution in [0.25, 0.3) is 0 Å². The number of hydrogen-bond donors (Lipinski definition) is 0. The minimum absolute atomic E-state index is 0.751. The van der Waals surface area contributed by atoms with Crippen molar-refractivity contribution in [1.82, 2.24) is 19.9 Å². The molecule has 25 heavy (non-hydrogen) atoms. The highest BCUT2D eigenvalue weighted by molar-refractivity contribution is 5.44. The van der Waals surface area contributed by atoms with Gasteiger partial charge < -0.3 is 14.5 Å². The molecule has 0 aliphatic carbocycles. The smallest absolute Gasteiger partial charge is 0.227 e.